The Labute approximate surface area is 328 Å². The van der Waals surface area contributed by atoms with Crippen LogP contribution in [0.1, 0.15) is 115 Å². The Morgan fingerprint density at radius 2 is 1.69 bits per heavy atom. The van der Waals surface area contributed by atoms with Crippen LogP contribution in [0.4, 0.5) is 0 Å². The summed E-state index contributed by atoms with van der Waals surface area (Å²) in [4.78, 5) is 0. The van der Waals surface area contributed by atoms with Gasteiger partial charge in [0.2, 0.25) is 0 Å². The summed E-state index contributed by atoms with van der Waals surface area (Å²) in [6.07, 6.45) is 27.4. The molecule has 0 aromatic heterocycles. The zero-order valence-corrected chi connectivity index (χ0v) is 35.6. The summed E-state index contributed by atoms with van der Waals surface area (Å²) in [7, 11) is -1.69. The molecular formula is C53H62P+. The average molecular weight is 730 g/mol. The fraction of sp³-hybridized carbons (Fsp3) is 0.321. The zero-order chi connectivity index (χ0) is 38.8. The molecule has 3 aliphatic rings. The molecule has 0 nitrogen and oxygen atoms in total. The molecule has 0 aliphatic heterocycles. The van der Waals surface area contributed by atoms with Crippen LogP contribution in [0, 0.1) is 0 Å². The first-order chi connectivity index (χ1) is 25.7. The number of benzene rings is 3. The largest absolute Gasteiger partial charge is 0.102 e. The van der Waals surface area contributed by atoms with Crippen molar-refractivity contribution >= 4 is 29.3 Å². The lowest BCUT2D eigenvalue weighted by Crippen LogP contribution is -2.24. The Kier molecular flexibility index (Phi) is 11.9. The van der Waals surface area contributed by atoms with Crippen LogP contribution in [0.5, 0.6) is 0 Å². The van der Waals surface area contributed by atoms with Gasteiger partial charge in [-0.3, -0.25) is 0 Å². The van der Waals surface area contributed by atoms with Crippen LogP contribution in [0.15, 0.2) is 150 Å². The maximum absolute atomic E-state index is 4.82. The van der Waals surface area contributed by atoms with E-state index < -0.39 is 7.26 Å². The van der Waals surface area contributed by atoms with Crippen LogP contribution >= 0.6 is 7.26 Å². The molecular weight excluding hydrogens is 668 g/mol. The third kappa shape index (κ3) is 8.21. The van der Waals surface area contributed by atoms with Crippen LogP contribution < -0.4 is 5.30 Å². The van der Waals surface area contributed by atoms with Crippen molar-refractivity contribution in [2.24, 2.45) is 0 Å². The molecule has 54 heavy (non-hydrogen) atoms. The number of rotatable bonds is 10. The Bertz CT molecular complexity index is 2170. The van der Waals surface area contributed by atoms with Gasteiger partial charge in [0.1, 0.15) is 5.30 Å². The summed E-state index contributed by atoms with van der Waals surface area (Å²) in [5, 5.41) is 1.49. The van der Waals surface area contributed by atoms with E-state index in [1.54, 1.807) is 0 Å². The second-order valence-corrected chi connectivity index (χ2v) is 21.8. The van der Waals surface area contributed by atoms with Gasteiger partial charge >= 0.3 is 0 Å². The summed E-state index contributed by atoms with van der Waals surface area (Å²) in [6.45, 7) is 28.5. The molecule has 0 saturated heterocycles. The van der Waals surface area contributed by atoms with E-state index in [9.17, 15) is 0 Å². The zero-order valence-electron chi connectivity index (χ0n) is 34.7. The quantitative estimate of drug-likeness (QED) is 0.144. The van der Waals surface area contributed by atoms with Crippen molar-refractivity contribution in [3.05, 3.63) is 178 Å². The minimum absolute atomic E-state index is 0.0769. The number of fused-ring (bicyclic) bond motifs is 6. The summed E-state index contributed by atoms with van der Waals surface area (Å²) in [5.41, 5.74) is 19.6. The fourth-order valence-corrected chi connectivity index (χ4v) is 10.9. The van der Waals surface area contributed by atoms with Gasteiger partial charge in [-0.15, -0.1) is 0 Å². The van der Waals surface area contributed by atoms with Crippen molar-refractivity contribution in [2.75, 3.05) is 13.3 Å². The highest BCUT2D eigenvalue weighted by atomic mass is 31.2. The average Bonchev–Trinajstić information content (AvgIpc) is 3.20. The van der Waals surface area contributed by atoms with Gasteiger partial charge in [0, 0.05) is 25.2 Å². The Morgan fingerprint density at radius 1 is 0.926 bits per heavy atom. The third-order valence-electron chi connectivity index (χ3n) is 12.3. The predicted molar refractivity (Wildman–Crippen MR) is 244 cm³/mol. The van der Waals surface area contributed by atoms with Crippen molar-refractivity contribution in [1.82, 2.24) is 0 Å². The predicted octanol–water partition coefficient (Wildman–Crippen LogP) is 15.0. The van der Waals surface area contributed by atoms with Crippen molar-refractivity contribution in [1.29, 1.82) is 0 Å². The van der Waals surface area contributed by atoms with E-state index in [4.69, 9.17) is 6.58 Å². The van der Waals surface area contributed by atoms with Crippen LogP contribution in [-0.2, 0) is 5.41 Å². The normalized spacial score (nSPS) is 18.4. The van der Waals surface area contributed by atoms with E-state index in [0.717, 1.165) is 31.3 Å². The standard InChI is InChI=1S/C53H62P/c1-12-41(43-22-17-14-18-23-43)29-28-38(4)48-34-50-46-25-19-24-45(40(46)6)49-33-44(53(7,8)9)30-31-47(49)51(50)35-52(48)54(10,11)39(5)32-36(2)26-27-37(3)42-20-15-13-16-21-42/h12-15,17-20,22-24,26-31,33-35,39,46H,4,16,21,25,32H2,1-3,5-11H3/q+1/b29-28-,36-26-,37-27+,41-12+. The van der Waals surface area contributed by atoms with Gasteiger partial charge in [0.15, 0.2) is 0 Å². The van der Waals surface area contributed by atoms with Gasteiger partial charge in [0.25, 0.3) is 0 Å². The highest BCUT2D eigenvalue weighted by Crippen LogP contribution is 2.59. The van der Waals surface area contributed by atoms with Gasteiger partial charge < -0.3 is 0 Å². The highest BCUT2D eigenvalue weighted by molar-refractivity contribution is 7.82. The second-order valence-electron chi connectivity index (χ2n) is 17.3. The number of hydrogen-bond donors (Lipinski definition) is 0. The molecule has 0 N–H and O–H groups in total. The molecule has 0 saturated carbocycles. The van der Waals surface area contributed by atoms with E-state index in [0.29, 0.717) is 11.6 Å². The van der Waals surface area contributed by atoms with Crippen molar-refractivity contribution < 1.29 is 0 Å². The molecule has 2 unspecified atom stereocenters. The van der Waals surface area contributed by atoms with Gasteiger partial charge in [-0.25, -0.2) is 0 Å². The molecule has 6 rings (SSSR count). The van der Waals surface area contributed by atoms with Crippen LogP contribution in [0.25, 0.3) is 27.8 Å². The fourth-order valence-electron chi connectivity index (χ4n) is 8.38. The molecule has 0 heterocycles. The van der Waals surface area contributed by atoms with E-state index >= 15 is 0 Å². The summed E-state index contributed by atoms with van der Waals surface area (Å²) >= 11 is 0. The van der Waals surface area contributed by atoms with E-state index in [1.807, 2.05) is 0 Å². The van der Waals surface area contributed by atoms with E-state index in [2.05, 4.69) is 190 Å². The van der Waals surface area contributed by atoms with Crippen LogP contribution in [-0.4, -0.2) is 19.0 Å². The number of allylic oxidation sites excluding steroid dienone is 17. The second kappa shape index (κ2) is 16.2. The lowest BCUT2D eigenvalue weighted by molar-refractivity contribution is 0.590. The maximum atomic E-state index is 4.82. The topological polar surface area (TPSA) is 0 Å². The molecule has 1 heteroatoms. The molecule has 3 aliphatic carbocycles. The third-order valence-corrected chi connectivity index (χ3v) is 16.3. The van der Waals surface area contributed by atoms with Crippen molar-refractivity contribution in [3.63, 3.8) is 0 Å². The minimum atomic E-state index is -1.69. The summed E-state index contributed by atoms with van der Waals surface area (Å²) < 4.78 is 0. The molecule has 0 amide bonds. The van der Waals surface area contributed by atoms with Gasteiger partial charge in [0.05, 0.1) is 19.0 Å². The molecule has 278 valence electrons. The van der Waals surface area contributed by atoms with Crippen LogP contribution in [0.3, 0.4) is 0 Å². The Balaban J connectivity index is 1.48. The van der Waals surface area contributed by atoms with Crippen molar-refractivity contribution in [2.45, 2.75) is 98.1 Å². The first-order valence-corrected chi connectivity index (χ1v) is 22.8. The molecule has 3 aromatic rings. The first kappa shape index (κ1) is 39.4. The summed E-state index contributed by atoms with van der Waals surface area (Å²) in [5.74, 6) is 0.347. The van der Waals surface area contributed by atoms with E-state index in [1.165, 1.54) is 77.7 Å². The Hall–Kier alpha value is -4.25. The highest BCUT2D eigenvalue weighted by Gasteiger charge is 2.40. The van der Waals surface area contributed by atoms with Crippen molar-refractivity contribution in [3.8, 4) is 11.1 Å². The van der Waals surface area contributed by atoms with Crippen LogP contribution in [0.2, 0.25) is 0 Å². The SMILES string of the molecule is C=C(/C=C\C(=C/C)c1ccccc1)c1cc2c(cc1[P+](C)(C)C(C)C/C(C)=C\C=C(/C)C1=CC=CCC1)-c1ccc(C(C)(C)C)cc1C1=C(C)C2CC=C1. The molecule has 0 radical (unpaired) electrons. The van der Waals surface area contributed by atoms with Gasteiger partial charge in [-0.1, -0.05) is 148 Å². The number of hydrogen-bond acceptors (Lipinski definition) is 0. The molecule has 2 bridgehead atoms. The minimum Gasteiger partial charge on any atom is -0.0910 e. The summed E-state index contributed by atoms with van der Waals surface area (Å²) in [6, 6.07) is 23.2. The molecule has 0 spiro atoms. The molecule has 3 aromatic carbocycles. The molecule has 0 fully saturated rings. The maximum Gasteiger partial charge on any atom is 0.102 e. The lowest BCUT2D eigenvalue weighted by atomic mass is 9.81. The molecule has 2 atom stereocenters. The van der Waals surface area contributed by atoms with Gasteiger partial charge in [-0.2, -0.15) is 0 Å². The smallest absolute Gasteiger partial charge is 0.0910 e. The van der Waals surface area contributed by atoms with E-state index in [-0.39, 0.29) is 5.41 Å². The van der Waals surface area contributed by atoms with Gasteiger partial charge in [-0.05, 0) is 133 Å². The Morgan fingerprint density at radius 3 is 2.37 bits per heavy atom. The lowest BCUT2D eigenvalue weighted by Gasteiger charge is -2.30. The monoisotopic (exact) mass is 729 g/mol. The first-order valence-electron chi connectivity index (χ1n) is 20.0.